The number of rotatable bonds is 4. The second-order valence-electron chi connectivity index (χ2n) is 7.08. The molecule has 1 aromatic rings. The van der Waals surface area contributed by atoms with E-state index >= 15 is 0 Å². The molecule has 0 spiro atoms. The fraction of sp³-hybridized carbons (Fsp3) is 0.706. The van der Waals surface area contributed by atoms with E-state index in [9.17, 15) is 9.59 Å². The van der Waals surface area contributed by atoms with Gasteiger partial charge in [0.15, 0.2) is 0 Å². The Balaban J connectivity index is 1.83. The van der Waals surface area contributed by atoms with Gasteiger partial charge in [0.25, 0.3) is 5.91 Å². The van der Waals surface area contributed by atoms with E-state index in [4.69, 9.17) is 4.74 Å². The quantitative estimate of drug-likeness (QED) is 0.879. The van der Waals surface area contributed by atoms with Crippen molar-refractivity contribution in [2.24, 2.45) is 11.8 Å². The standard InChI is InChI=1S/C17H26N4O3/c1-4-21-15(6-13(19-21)5-11(2)3)17(23)20-7-12-9-24-10-14(8-20)18-16(12)22/h6,11-12,14H,4-5,7-10H2,1-3H3,(H,18,22)/t12-,14+/m1/s1. The fourth-order valence-corrected chi connectivity index (χ4v) is 3.36. The number of fused-ring (bicyclic) bond motifs is 3. The monoisotopic (exact) mass is 334 g/mol. The van der Waals surface area contributed by atoms with Gasteiger partial charge in [-0.2, -0.15) is 5.10 Å². The van der Waals surface area contributed by atoms with E-state index in [1.807, 2.05) is 13.0 Å². The maximum atomic E-state index is 13.1. The first-order valence-electron chi connectivity index (χ1n) is 8.72. The van der Waals surface area contributed by atoms with Gasteiger partial charge in [-0.1, -0.05) is 13.8 Å². The molecule has 1 aromatic heterocycles. The molecule has 2 aliphatic heterocycles. The minimum Gasteiger partial charge on any atom is -0.378 e. The third-order valence-electron chi connectivity index (χ3n) is 4.49. The van der Waals surface area contributed by atoms with Gasteiger partial charge in [-0.25, -0.2) is 0 Å². The molecule has 2 bridgehead atoms. The van der Waals surface area contributed by atoms with Crippen molar-refractivity contribution in [1.29, 1.82) is 0 Å². The van der Waals surface area contributed by atoms with Crippen molar-refractivity contribution in [3.8, 4) is 0 Å². The van der Waals surface area contributed by atoms with E-state index in [0.29, 0.717) is 44.5 Å². The van der Waals surface area contributed by atoms with Crippen LogP contribution in [0.2, 0.25) is 0 Å². The molecule has 0 unspecified atom stereocenters. The molecule has 7 heteroatoms. The van der Waals surface area contributed by atoms with E-state index in [1.165, 1.54) is 0 Å². The Hall–Kier alpha value is -1.89. The molecule has 0 radical (unpaired) electrons. The molecule has 3 rings (SSSR count). The summed E-state index contributed by atoms with van der Waals surface area (Å²) in [6, 6.07) is 1.76. The fourth-order valence-electron chi connectivity index (χ4n) is 3.36. The molecule has 2 atom stereocenters. The molecule has 0 aromatic carbocycles. The van der Waals surface area contributed by atoms with Gasteiger partial charge in [0.2, 0.25) is 5.91 Å². The van der Waals surface area contributed by atoms with Crippen LogP contribution in [0, 0.1) is 11.8 Å². The van der Waals surface area contributed by atoms with Gasteiger partial charge in [0.05, 0.1) is 30.9 Å². The number of carbonyl (C=O) groups is 2. The third kappa shape index (κ3) is 3.45. The number of ether oxygens (including phenoxy) is 1. The summed E-state index contributed by atoms with van der Waals surface area (Å²) >= 11 is 0. The van der Waals surface area contributed by atoms with Gasteiger partial charge < -0.3 is 15.0 Å². The van der Waals surface area contributed by atoms with Gasteiger partial charge in [0.1, 0.15) is 5.69 Å². The molecule has 3 heterocycles. The highest BCUT2D eigenvalue weighted by Crippen LogP contribution is 2.18. The number of nitrogens with one attached hydrogen (secondary N) is 1. The lowest BCUT2D eigenvalue weighted by Crippen LogP contribution is -2.44. The number of carbonyl (C=O) groups excluding carboxylic acids is 2. The lowest BCUT2D eigenvalue weighted by molar-refractivity contribution is -0.125. The van der Waals surface area contributed by atoms with Crippen molar-refractivity contribution in [2.75, 3.05) is 26.3 Å². The smallest absolute Gasteiger partial charge is 0.272 e. The molecular formula is C17H26N4O3. The van der Waals surface area contributed by atoms with Crippen LogP contribution in [0.4, 0.5) is 0 Å². The Kier molecular flexibility index (Phi) is 4.89. The molecule has 7 nitrogen and oxygen atoms in total. The maximum Gasteiger partial charge on any atom is 0.272 e. The van der Waals surface area contributed by atoms with E-state index < -0.39 is 0 Å². The summed E-state index contributed by atoms with van der Waals surface area (Å²) in [5, 5.41) is 7.51. The van der Waals surface area contributed by atoms with Crippen LogP contribution < -0.4 is 5.32 Å². The van der Waals surface area contributed by atoms with Gasteiger partial charge >= 0.3 is 0 Å². The van der Waals surface area contributed by atoms with Crippen LogP contribution in [0.3, 0.4) is 0 Å². The molecule has 132 valence electrons. The number of nitrogens with zero attached hydrogens (tertiary/aromatic N) is 3. The van der Waals surface area contributed by atoms with E-state index in [0.717, 1.165) is 12.1 Å². The zero-order valence-corrected chi connectivity index (χ0v) is 14.6. The van der Waals surface area contributed by atoms with Crippen LogP contribution in [-0.4, -0.2) is 58.8 Å². The Morgan fingerprint density at radius 1 is 1.42 bits per heavy atom. The second-order valence-corrected chi connectivity index (χ2v) is 7.08. The number of amides is 2. The van der Waals surface area contributed by atoms with Crippen molar-refractivity contribution in [3.63, 3.8) is 0 Å². The topological polar surface area (TPSA) is 76.5 Å². The molecule has 2 aliphatic rings. The average Bonchev–Trinajstić information content (AvgIpc) is 2.73. The number of aromatic nitrogens is 2. The lowest BCUT2D eigenvalue weighted by atomic mass is 10.1. The second kappa shape index (κ2) is 6.93. The van der Waals surface area contributed by atoms with Gasteiger partial charge in [-0.3, -0.25) is 14.3 Å². The molecular weight excluding hydrogens is 308 g/mol. The first kappa shape index (κ1) is 17.0. The lowest BCUT2D eigenvalue weighted by Gasteiger charge is -2.27. The molecule has 2 amide bonds. The molecule has 0 aliphatic carbocycles. The van der Waals surface area contributed by atoms with E-state index in [2.05, 4.69) is 24.3 Å². The van der Waals surface area contributed by atoms with Crippen molar-refractivity contribution in [3.05, 3.63) is 17.5 Å². The number of hydrogen-bond acceptors (Lipinski definition) is 4. The van der Waals surface area contributed by atoms with Crippen molar-refractivity contribution in [1.82, 2.24) is 20.0 Å². The van der Waals surface area contributed by atoms with Crippen molar-refractivity contribution < 1.29 is 14.3 Å². The average molecular weight is 334 g/mol. The zero-order valence-electron chi connectivity index (χ0n) is 14.6. The van der Waals surface area contributed by atoms with Crippen molar-refractivity contribution in [2.45, 2.75) is 39.8 Å². The zero-order chi connectivity index (χ0) is 17.3. The Labute approximate surface area is 142 Å². The largest absolute Gasteiger partial charge is 0.378 e. The van der Waals surface area contributed by atoms with Crippen LogP contribution >= 0.6 is 0 Å². The highest BCUT2D eigenvalue weighted by molar-refractivity contribution is 5.93. The third-order valence-corrected chi connectivity index (χ3v) is 4.49. The SMILES string of the molecule is CCn1nc(CC(C)C)cc1C(=O)N1C[C@H]2COC[C@@H](C1)C(=O)N2. The summed E-state index contributed by atoms with van der Waals surface area (Å²) in [6.45, 7) is 8.62. The van der Waals surface area contributed by atoms with Gasteiger partial charge in [0, 0.05) is 19.6 Å². The minimum absolute atomic E-state index is 0.0164. The summed E-state index contributed by atoms with van der Waals surface area (Å²) in [4.78, 5) is 26.9. The highest BCUT2D eigenvalue weighted by atomic mass is 16.5. The summed E-state index contributed by atoms with van der Waals surface area (Å²) in [5.41, 5.74) is 1.56. The summed E-state index contributed by atoms with van der Waals surface area (Å²) in [6.07, 6.45) is 0.854. The van der Waals surface area contributed by atoms with Gasteiger partial charge in [-0.15, -0.1) is 0 Å². The van der Waals surface area contributed by atoms with Crippen LogP contribution in [0.15, 0.2) is 6.07 Å². The van der Waals surface area contributed by atoms with Crippen LogP contribution in [-0.2, 0) is 22.5 Å². The Morgan fingerprint density at radius 3 is 2.92 bits per heavy atom. The molecule has 0 saturated carbocycles. The molecule has 1 N–H and O–H groups in total. The van der Waals surface area contributed by atoms with Crippen LogP contribution in [0.25, 0.3) is 0 Å². The highest BCUT2D eigenvalue weighted by Gasteiger charge is 2.36. The van der Waals surface area contributed by atoms with E-state index in [1.54, 1.807) is 9.58 Å². The number of aryl methyl sites for hydroxylation is 1. The Bertz CT molecular complexity index is 625. The Morgan fingerprint density at radius 2 is 2.21 bits per heavy atom. The normalized spacial score (nSPS) is 24.0. The predicted octanol–water partition coefficient (Wildman–Crippen LogP) is 0.689. The predicted molar refractivity (Wildman–Crippen MR) is 88.6 cm³/mol. The summed E-state index contributed by atoms with van der Waals surface area (Å²) in [5.74, 6) is 0.129. The first-order valence-corrected chi connectivity index (χ1v) is 8.72. The molecule has 24 heavy (non-hydrogen) atoms. The summed E-state index contributed by atoms with van der Waals surface area (Å²) in [7, 11) is 0. The van der Waals surface area contributed by atoms with Crippen LogP contribution in [0.5, 0.6) is 0 Å². The number of hydrogen-bond donors (Lipinski definition) is 1. The minimum atomic E-state index is -0.297. The van der Waals surface area contributed by atoms with Gasteiger partial charge in [-0.05, 0) is 25.3 Å². The molecule has 2 fully saturated rings. The summed E-state index contributed by atoms with van der Waals surface area (Å²) < 4.78 is 7.29. The first-order chi connectivity index (χ1) is 11.5. The molecule has 2 saturated heterocycles. The maximum absolute atomic E-state index is 13.1. The van der Waals surface area contributed by atoms with E-state index in [-0.39, 0.29) is 23.8 Å². The van der Waals surface area contributed by atoms with Crippen molar-refractivity contribution >= 4 is 11.8 Å². The van der Waals surface area contributed by atoms with Crippen LogP contribution in [0.1, 0.15) is 37.0 Å².